The minimum Gasteiger partial charge on any atom is -0.297 e. The largest absolute Gasteiger partial charge is 0.297 e. The van der Waals surface area contributed by atoms with Crippen molar-refractivity contribution in [2.45, 2.75) is 272 Å². The summed E-state index contributed by atoms with van der Waals surface area (Å²) in [5.41, 5.74) is 0. The minimum atomic E-state index is -2.31. The molecule has 0 N–H and O–H groups in total. The van der Waals surface area contributed by atoms with Gasteiger partial charge in [0.05, 0.1) is 0 Å². The zero-order chi connectivity index (χ0) is 34.7. The molecular weight excluding hydrogens is 585 g/mol. The Kier molecular flexibility index (Phi) is 36.1. The van der Waals surface area contributed by atoms with Gasteiger partial charge in [0.15, 0.2) is 0 Å². The Morgan fingerprint density at radius 1 is 0.255 bits per heavy atom. The van der Waals surface area contributed by atoms with E-state index in [1.54, 1.807) is 0 Å². The zero-order valence-electron chi connectivity index (χ0n) is 34.1. The van der Waals surface area contributed by atoms with Crippen LogP contribution in [0.5, 0.6) is 0 Å². The highest BCUT2D eigenvalue weighted by Crippen LogP contribution is 2.28. The summed E-state index contributed by atoms with van der Waals surface area (Å²) in [6.07, 6.45) is 45.9. The highest BCUT2D eigenvalue weighted by atomic mass is 28.4. The third-order valence-electron chi connectivity index (χ3n) is 11.0. The zero-order valence-corrected chi connectivity index (χ0v) is 35.1. The van der Waals surface area contributed by atoms with E-state index in [0.717, 1.165) is 35.9 Å². The van der Waals surface area contributed by atoms with Crippen LogP contribution in [0.15, 0.2) is 0 Å². The molecule has 283 valence electrons. The highest BCUT2D eigenvalue weighted by molar-refractivity contribution is 6.72. The normalized spacial score (nSPS) is 12.4. The Hall–Kier alpha value is 0.177. The van der Waals surface area contributed by atoms with Crippen LogP contribution in [0.4, 0.5) is 0 Å². The first-order valence-electron chi connectivity index (χ1n) is 22.5. The van der Waals surface area contributed by atoms with Gasteiger partial charge in [-0.2, -0.15) is 0 Å². The summed E-state index contributed by atoms with van der Waals surface area (Å²) in [5, 5.41) is 0. The first-order valence-corrected chi connectivity index (χ1v) is 25.0. The first kappa shape index (κ1) is 47.2. The maximum absolute atomic E-state index is 14.1. The van der Waals surface area contributed by atoms with Crippen molar-refractivity contribution in [3.8, 4) is 0 Å². The molecule has 0 aliphatic heterocycles. The molecule has 0 aromatic carbocycles. The van der Waals surface area contributed by atoms with Crippen LogP contribution in [0.2, 0.25) is 18.1 Å². The molecule has 0 amide bonds. The van der Waals surface area contributed by atoms with Gasteiger partial charge < -0.3 is 0 Å². The molecule has 0 aliphatic carbocycles. The van der Waals surface area contributed by atoms with E-state index in [0.29, 0.717) is 0 Å². The van der Waals surface area contributed by atoms with Gasteiger partial charge in [0.25, 0.3) is 0 Å². The van der Waals surface area contributed by atoms with Crippen molar-refractivity contribution in [1.29, 1.82) is 0 Å². The van der Waals surface area contributed by atoms with Crippen LogP contribution < -0.4 is 0 Å². The summed E-state index contributed by atoms with van der Waals surface area (Å²) < 4.78 is 0. The molecule has 0 saturated heterocycles. The summed E-state index contributed by atoms with van der Waals surface area (Å²) in [4.78, 5) is 14.1. The van der Waals surface area contributed by atoms with Gasteiger partial charge in [-0.05, 0) is 35.9 Å². The molecule has 0 rings (SSSR count). The van der Waals surface area contributed by atoms with E-state index in [2.05, 4.69) is 41.5 Å². The molecule has 1 nitrogen and oxygen atoms in total. The molecule has 0 aromatic rings. The van der Waals surface area contributed by atoms with Crippen LogP contribution in [-0.2, 0) is 4.80 Å². The Morgan fingerprint density at radius 3 is 0.574 bits per heavy atom. The molecule has 1 radical (unpaired) electrons. The average Bonchev–Trinajstić information content (AvgIpc) is 3.02. The fraction of sp³-hybridized carbons (Fsp3) is 1.00. The molecule has 0 aliphatic rings. The van der Waals surface area contributed by atoms with Crippen molar-refractivity contribution in [3.05, 3.63) is 0 Å². The van der Waals surface area contributed by atoms with Gasteiger partial charge in [-0.3, -0.25) is 4.80 Å². The second-order valence-electron chi connectivity index (χ2n) is 17.6. The lowest BCUT2D eigenvalue weighted by molar-refractivity contribution is 0.397. The van der Waals surface area contributed by atoms with Crippen molar-refractivity contribution in [3.63, 3.8) is 0 Å². The molecule has 0 spiro atoms. The lowest BCUT2D eigenvalue weighted by atomic mass is 10.0. The van der Waals surface area contributed by atoms with E-state index in [1.165, 1.54) is 212 Å². The van der Waals surface area contributed by atoms with Crippen LogP contribution in [-0.4, -0.2) is 8.32 Å². The van der Waals surface area contributed by atoms with Gasteiger partial charge in [-0.15, -0.1) is 0 Å². The van der Waals surface area contributed by atoms with E-state index in [9.17, 15) is 4.80 Å². The molecule has 47 heavy (non-hydrogen) atoms. The fourth-order valence-corrected chi connectivity index (χ4v) is 11.0. The number of hydrogen-bond acceptors (Lipinski definition) is 0. The van der Waals surface area contributed by atoms with Gasteiger partial charge in [-0.1, -0.05) is 253 Å². The lowest BCUT2D eigenvalue weighted by Gasteiger charge is -2.23. The van der Waals surface area contributed by atoms with Crippen molar-refractivity contribution in [1.82, 2.24) is 0 Å². The molecule has 0 heterocycles. The van der Waals surface area contributed by atoms with E-state index >= 15 is 0 Å². The lowest BCUT2D eigenvalue weighted by Crippen LogP contribution is -2.32. The minimum absolute atomic E-state index is 0.869. The Labute approximate surface area is 301 Å². The van der Waals surface area contributed by atoms with Gasteiger partial charge >= 0.3 is 0 Å². The van der Waals surface area contributed by atoms with Crippen LogP contribution in [0.1, 0.15) is 253 Å². The van der Waals surface area contributed by atoms with Crippen LogP contribution in [0.3, 0.4) is 0 Å². The van der Waals surface area contributed by atoms with E-state index in [4.69, 9.17) is 0 Å². The summed E-state index contributed by atoms with van der Waals surface area (Å²) in [5.74, 6) is 2.61. The Bertz CT molecular complexity index is 506. The van der Waals surface area contributed by atoms with Gasteiger partial charge in [0, 0.05) is 0 Å². The molecule has 2 heteroatoms. The predicted octanol–water partition coefficient (Wildman–Crippen LogP) is 17.2. The van der Waals surface area contributed by atoms with Crippen LogP contribution in [0.25, 0.3) is 0 Å². The Balaban J connectivity index is 4.10. The number of rotatable bonds is 39. The maximum Gasteiger partial charge on any atom is 0.237 e. The topological polar surface area (TPSA) is 19.9 Å². The summed E-state index contributed by atoms with van der Waals surface area (Å²) >= 11 is 0. The monoisotopic (exact) mass is 678 g/mol. The van der Waals surface area contributed by atoms with Gasteiger partial charge in [0.2, 0.25) is 8.32 Å². The summed E-state index contributed by atoms with van der Waals surface area (Å²) in [6, 6.07) is 3.24. The number of hydrogen-bond donors (Lipinski definition) is 0. The predicted molar refractivity (Wildman–Crippen MR) is 218 cm³/mol. The summed E-state index contributed by atoms with van der Waals surface area (Å²) in [7, 11) is -2.31. The molecule has 0 fully saturated rings. The molecular formula is C45H93OSi. The van der Waals surface area contributed by atoms with Gasteiger partial charge in [-0.25, -0.2) is 0 Å². The van der Waals surface area contributed by atoms with Crippen molar-refractivity contribution < 1.29 is 4.80 Å². The molecule has 0 bridgehead atoms. The standard InChI is InChI=1S/C45H93OSi/c1-43(2)37-31-25-19-13-7-10-16-22-28-34-40-47(46,41-35-29-23-17-11-8-14-20-26-32-38-44(3)4)42-36-30-24-18-12-9-15-21-27-33-39-45(5)6/h43-45H,7-42H2,1-6H3. The van der Waals surface area contributed by atoms with Crippen molar-refractivity contribution in [2.24, 2.45) is 17.8 Å². The molecule has 0 saturated carbocycles. The van der Waals surface area contributed by atoms with Crippen LogP contribution >= 0.6 is 0 Å². The maximum atomic E-state index is 14.1. The second kappa shape index (κ2) is 36.0. The second-order valence-corrected chi connectivity index (χ2v) is 21.5. The average molecular weight is 678 g/mol. The van der Waals surface area contributed by atoms with Gasteiger partial charge in [0.1, 0.15) is 0 Å². The molecule has 0 aromatic heterocycles. The molecule has 0 atom stereocenters. The smallest absolute Gasteiger partial charge is 0.237 e. The first-order chi connectivity index (χ1) is 22.7. The third-order valence-corrected chi connectivity index (χ3v) is 14.8. The molecule has 0 unspecified atom stereocenters. The summed E-state index contributed by atoms with van der Waals surface area (Å²) in [6.45, 7) is 14.1. The van der Waals surface area contributed by atoms with E-state index in [-0.39, 0.29) is 0 Å². The van der Waals surface area contributed by atoms with Crippen molar-refractivity contribution in [2.75, 3.05) is 0 Å². The Morgan fingerprint density at radius 2 is 0.404 bits per heavy atom. The fourth-order valence-electron chi connectivity index (χ4n) is 7.62. The number of unbranched alkanes of at least 4 members (excludes halogenated alkanes) is 27. The third kappa shape index (κ3) is 38.8. The SMILES string of the molecule is CC(C)CCCCCCCCCCCC[Si]([O])(CCCCCCCCCCCCC(C)C)CCCCCCCCCCCCC(C)C. The van der Waals surface area contributed by atoms with E-state index in [1.807, 2.05) is 0 Å². The van der Waals surface area contributed by atoms with Crippen molar-refractivity contribution >= 4 is 8.32 Å². The highest BCUT2D eigenvalue weighted by Gasteiger charge is 2.31. The van der Waals surface area contributed by atoms with Crippen LogP contribution in [0, 0.1) is 17.8 Å². The quantitative estimate of drug-likeness (QED) is 0.0456. The van der Waals surface area contributed by atoms with E-state index < -0.39 is 8.32 Å².